The molecule has 1 aliphatic carbocycles. The summed E-state index contributed by atoms with van der Waals surface area (Å²) in [4.78, 5) is 14.2. The Morgan fingerprint density at radius 3 is 2.29 bits per heavy atom. The number of alkyl halides is 3. The number of nitrogens with one attached hydrogen (secondary N) is 1. The number of amides is 1. The molecule has 0 radical (unpaired) electrons. The van der Waals surface area contributed by atoms with Crippen LogP contribution in [0.3, 0.4) is 0 Å². The number of hydrogen-bond acceptors (Lipinski definition) is 4. The molecule has 1 amide bonds. The molecule has 31 heavy (non-hydrogen) atoms. The molecular weight excluding hydrogens is 431 g/mol. The van der Waals surface area contributed by atoms with Gasteiger partial charge in [-0.05, 0) is 56.0 Å². The normalized spacial score (nSPS) is 20.4. The minimum atomic E-state index is -4.50. The van der Waals surface area contributed by atoms with Crippen LogP contribution < -0.4 is 5.32 Å². The Labute approximate surface area is 181 Å². The van der Waals surface area contributed by atoms with E-state index in [1.165, 1.54) is 60.7 Å². The van der Waals surface area contributed by atoms with Gasteiger partial charge >= 0.3 is 6.18 Å². The molecule has 0 aromatic heterocycles. The Hall–Kier alpha value is -1.65. The maximum absolute atomic E-state index is 13.0. The monoisotopic (exact) mass is 461 g/mol. The highest BCUT2D eigenvalue weighted by molar-refractivity contribution is 7.89. The van der Waals surface area contributed by atoms with Gasteiger partial charge in [-0.15, -0.1) is 0 Å². The first-order valence-electron chi connectivity index (χ1n) is 10.8. The van der Waals surface area contributed by atoms with Crippen molar-refractivity contribution in [3.8, 4) is 0 Å². The zero-order valence-corrected chi connectivity index (χ0v) is 18.3. The molecule has 1 saturated heterocycles. The Bertz CT molecular complexity index is 838. The van der Waals surface area contributed by atoms with Gasteiger partial charge in [0.1, 0.15) is 6.54 Å². The second-order valence-corrected chi connectivity index (χ2v) is 10.3. The first kappa shape index (κ1) is 24.0. The van der Waals surface area contributed by atoms with E-state index < -0.39 is 28.7 Å². The zero-order chi connectivity index (χ0) is 22.5. The van der Waals surface area contributed by atoms with Gasteiger partial charge in [0.25, 0.3) is 5.91 Å². The van der Waals surface area contributed by atoms with Crippen molar-refractivity contribution in [2.24, 2.45) is 5.92 Å². The van der Waals surface area contributed by atoms with Gasteiger partial charge in [0.05, 0.1) is 4.90 Å². The average molecular weight is 462 g/mol. The van der Waals surface area contributed by atoms with E-state index >= 15 is 0 Å². The summed E-state index contributed by atoms with van der Waals surface area (Å²) in [5.41, 5.74) is -0.0160. The highest BCUT2D eigenvalue weighted by Crippen LogP contribution is 2.25. The number of carbonyl (C=O) groups is 1. The van der Waals surface area contributed by atoms with Crippen LogP contribution in [0.4, 0.5) is 13.2 Å². The fraction of sp³-hybridized carbons (Fsp3) is 0.667. The van der Waals surface area contributed by atoms with E-state index in [1.54, 1.807) is 5.32 Å². The molecule has 0 spiro atoms. The lowest BCUT2D eigenvalue weighted by Gasteiger charge is -2.28. The van der Waals surface area contributed by atoms with E-state index in [0.29, 0.717) is 25.6 Å². The molecule has 1 heterocycles. The summed E-state index contributed by atoms with van der Waals surface area (Å²) in [5.74, 6) is -0.192. The van der Waals surface area contributed by atoms with E-state index in [1.807, 2.05) is 0 Å². The van der Waals surface area contributed by atoms with Crippen LogP contribution in [0, 0.1) is 5.92 Å². The van der Waals surface area contributed by atoms with Gasteiger partial charge in [-0.2, -0.15) is 17.5 Å². The van der Waals surface area contributed by atoms with Crippen LogP contribution in [-0.4, -0.2) is 69.0 Å². The lowest BCUT2D eigenvalue weighted by molar-refractivity contribution is -0.123. The number of nitrogens with zero attached hydrogens (tertiary/aromatic N) is 2. The summed E-state index contributed by atoms with van der Waals surface area (Å²) in [5, 5.41) is 1.78. The van der Waals surface area contributed by atoms with Crippen molar-refractivity contribution in [2.45, 2.75) is 49.6 Å². The van der Waals surface area contributed by atoms with E-state index in [4.69, 9.17) is 0 Å². The molecule has 0 unspecified atom stereocenters. The Balaban J connectivity index is 1.58. The first-order valence-corrected chi connectivity index (χ1v) is 12.3. The molecular formula is C21H30F3N3O3S. The third-order valence-electron chi connectivity index (χ3n) is 5.99. The lowest BCUT2D eigenvalue weighted by atomic mass is 9.89. The third-order valence-corrected chi connectivity index (χ3v) is 7.91. The van der Waals surface area contributed by atoms with Gasteiger partial charge in [-0.1, -0.05) is 19.3 Å². The van der Waals surface area contributed by atoms with Crippen LogP contribution in [0.2, 0.25) is 0 Å². The summed E-state index contributed by atoms with van der Waals surface area (Å²) < 4.78 is 64.3. The molecule has 3 rings (SSSR count). The van der Waals surface area contributed by atoms with Crippen LogP contribution >= 0.6 is 0 Å². The molecule has 0 atom stereocenters. The fourth-order valence-corrected chi connectivity index (χ4v) is 5.78. The number of halogens is 3. The smallest absolute Gasteiger partial charge is 0.343 e. The van der Waals surface area contributed by atoms with Crippen molar-refractivity contribution < 1.29 is 26.4 Å². The maximum atomic E-state index is 13.0. The van der Waals surface area contributed by atoms with Crippen molar-refractivity contribution in [1.29, 1.82) is 0 Å². The molecule has 1 aliphatic heterocycles. The molecule has 1 saturated carbocycles. The van der Waals surface area contributed by atoms with Crippen molar-refractivity contribution in [2.75, 3.05) is 39.3 Å². The summed E-state index contributed by atoms with van der Waals surface area (Å²) in [6.07, 6.45) is 2.63. The predicted octanol–water partition coefficient (Wildman–Crippen LogP) is 3.26. The second kappa shape index (κ2) is 10.3. The van der Waals surface area contributed by atoms with Crippen LogP contribution in [0.25, 0.3) is 0 Å². The number of rotatable bonds is 6. The highest BCUT2D eigenvalue weighted by Gasteiger charge is 2.29. The van der Waals surface area contributed by atoms with Gasteiger partial charge < -0.3 is 10.2 Å². The van der Waals surface area contributed by atoms with Crippen molar-refractivity contribution in [3.63, 3.8) is 0 Å². The number of carbonyl (C=O) groups excluding carboxylic acids is 1. The van der Waals surface area contributed by atoms with Crippen molar-refractivity contribution >= 4 is 15.9 Å². The molecule has 174 valence electrons. The highest BCUT2D eigenvalue weighted by atomic mass is 32.2. The zero-order valence-electron chi connectivity index (χ0n) is 17.5. The van der Waals surface area contributed by atoms with E-state index in [0.717, 1.165) is 19.5 Å². The summed E-state index contributed by atoms with van der Waals surface area (Å²) in [6.45, 7) is 1.99. The summed E-state index contributed by atoms with van der Waals surface area (Å²) in [7, 11) is -3.72. The maximum Gasteiger partial charge on any atom is 0.405 e. The van der Waals surface area contributed by atoms with E-state index in [2.05, 4.69) is 4.90 Å². The van der Waals surface area contributed by atoms with E-state index in [-0.39, 0.29) is 10.5 Å². The van der Waals surface area contributed by atoms with E-state index in [9.17, 15) is 26.4 Å². The number of hydrogen-bond donors (Lipinski definition) is 1. The standard InChI is InChI=1S/C21H30F3N3O3S/c22-21(23,24)16-25-20(28)18-7-9-19(10-8-18)31(29,30)27-12-4-11-26(13-14-27)15-17-5-2-1-3-6-17/h7-10,17H,1-6,11-16H2,(H,25,28). The van der Waals surface area contributed by atoms with Crippen LogP contribution in [0.1, 0.15) is 48.9 Å². The van der Waals surface area contributed by atoms with Crippen LogP contribution in [-0.2, 0) is 10.0 Å². The fourth-order valence-electron chi connectivity index (χ4n) is 4.31. The van der Waals surface area contributed by atoms with Crippen LogP contribution in [0.5, 0.6) is 0 Å². The Kier molecular flexibility index (Phi) is 7.98. The van der Waals surface area contributed by atoms with Gasteiger partial charge in [0.2, 0.25) is 10.0 Å². The van der Waals surface area contributed by atoms with Crippen molar-refractivity contribution in [3.05, 3.63) is 29.8 Å². The minimum Gasteiger partial charge on any atom is -0.343 e. The molecule has 1 N–H and O–H groups in total. The molecule has 10 heteroatoms. The molecule has 2 aliphatic rings. The lowest BCUT2D eigenvalue weighted by Crippen LogP contribution is -2.37. The van der Waals surface area contributed by atoms with Gasteiger partial charge in [-0.25, -0.2) is 8.42 Å². The topological polar surface area (TPSA) is 69.7 Å². The average Bonchev–Trinajstić information content (AvgIpc) is 2.98. The van der Waals surface area contributed by atoms with Crippen LogP contribution in [0.15, 0.2) is 29.2 Å². The molecule has 2 fully saturated rings. The Morgan fingerprint density at radius 2 is 1.65 bits per heavy atom. The van der Waals surface area contributed by atoms with Crippen molar-refractivity contribution in [1.82, 2.24) is 14.5 Å². The number of benzene rings is 1. The third kappa shape index (κ3) is 6.92. The molecule has 1 aromatic rings. The minimum absolute atomic E-state index is 0.0160. The molecule has 0 bridgehead atoms. The summed E-state index contributed by atoms with van der Waals surface area (Å²) >= 11 is 0. The quantitative estimate of drug-likeness (QED) is 0.706. The molecule has 6 nitrogen and oxygen atoms in total. The predicted molar refractivity (Wildman–Crippen MR) is 111 cm³/mol. The molecule has 1 aromatic carbocycles. The first-order chi connectivity index (χ1) is 14.6. The van der Waals surface area contributed by atoms with Gasteiger partial charge in [0.15, 0.2) is 0 Å². The van der Waals surface area contributed by atoms with Gasteiger partial charge in [0, 0.05) is 31.7 Å². The number of sulfonamides is 1. The SMILES string of the molecule is O=C(NCC(F)(F)F)c1ccc(S(=O)(=O)N2CCCN(CC3CCCCC3)CC2)cc1. The Morgan fingerprint density at radius 1 is 0.968 bits per heavy atom. The summed E-state index contributed by atoms with van der Waals surface area (Å²) in [6, 6.07) is 5.04. The second-order valence-electron chi connectivity index (χ2n) is 8.38. The largest absolute Gasteiger partial charge is 0.405 e. The van der Waals surface area contributed by atoms with Gasteiger partial charge in [-0.3, -0.25) is 4.79 Å².